The third-order valence-electron chi connectivity index (χ3n) is 3.94. The molecule has 0 N–H and O–H groups in total. The SMILES string of the molecule is Cl[SiH2]c1ccc(N(c2ccc(SCl)cc2)c2ccc([SiH](Cl)Cl)cc2)cc1. The molecule has 0 saturated carbocycles. The van der Waals surface area contributed by atoms with Crippen LogP contribution in [-0.4, -0.2) is 16.2 Å². The standard InChI is InChI=1S/C18H15Cl4NSSi2/c19-24-16-7-1-13(2-8-16)23(14-3-9-17(25-20)10-4-14)15-5-11-18(12-6-15)26(21)22/h1-12,26H,25H2. The first kappa shape index (κ1) is 20.1. The molecule has 8 heteroatoms. The Labute approximate surface area is 180 Å². The van der Waals surface area contributed by atoms with Crippen molar-refractivity contribution in [2.24, 2.45) is 0 Å². The van der Waals surface area contributed by atoms with Crippen molar-refractivity contribution in [1.82, 2.24) is 0 Å². The average Bonchev–Trinajstić information content (AvgIpc) is 2.69. The number of hydrogen-bond acceptors (Lipinski definition) is 2. The fraction of sp³-hybridized carbons (Fsp3) is 0. The van der Waals surface area contributed by atoms with Crippen LogP contribution in [0.3, 0.4) is 0 Å². The maximum Gasteiger partial charge on any atom is 0.266 e. The van der Waals surface area contributed by atoms with Crippen LogP contribution in [0.4, 0.5) is 17.1 Å². The van der Waals surface area contributed by atoms with E-state index < -0.39 is 16.2 Å². The van der Waals surface area contributed by atoms with Gasteiger partial charge >= 0.3 is 0 Å². The number of benzene rings is 3. The molecule has 0 saturated heterocycles. The van der Waals surface area contributed by atoms with Crippen molar-refractivity contribution in [2.45, 2.75) is 4.90 Å². The van der Waals surface area contributed by atoms with Crippen molar-refractivity contribution in [3.8, 4) is 0 Å². The van der Waals surface area contributed by atoms with E-state index >= 15 is 0 Å². The molecule has 0 aromatic heterocycles. The van der Waals surface area contributed by atoms with E-state index in [0.29, 0.717) is 0 Å². The monoisotopic (exact) mass is 473 g/mol. The summed E-state index contributed by atoms with van der Waals surface area (Å²) in [6.07, 6.45) is 0. The molecule has 1 nitrogen and oxygen atoms in total. The average molecular weight is 475 g/mol. The van der Waals surface area contributed by atoms with Gasteiger partial charge in [0.25, 0.3) is 7.42 Å². The van der Waals surface area contributed by atoms with Gasteiger partial charge in [0.15, 0.2) is 8.83 Å². The largest absolute Gasteiger partial charge is 0.311 e. The van der Waals surface area contributed by atoms with Gasteiger partial charge in [-0.3, -0.25) is 0 Å². The Morgan fingerprint density at radius 3 is 1.62 bits per heavy atom. The molecule has 0 radical (unpaired) electrons. The molecule has 0 aliphatic rings. The maximum atomic E-state index is 6.10. The highest BCUT2D eigenvalue weighted by atomic mass is 35.7. The Bertz CT molecular complexity index is 795. The molecule has 0 amide bonds. The zero-order chi connectivity index (χ0) is 18.5. The fourth-order valence-electron chi connectivity index (χ4n) is 2.60. The first-order valence-electron chi connectivity index (χ1n) is 7.84. The maximum absolute atomic E-state index is 6.10. The van der Waals surface area contributed by atoms with Gasteiger partial charge in [0, 0.05) is 22.0 Å². The van der Waals surface area contributed by atoms with Crippen molar-refractivity contribution < 1.29 is 0 Å². The van der Waals surface area contributed by atoms with E-state index in [2.05, 4.69) is 53.4 Å². The van der Waals surface area contributed by atoms with Crippen LogP contribution in [0.2, 0.25) is 0 Å². The second-order valence-corrected chi connectivity index (χ2v) is 13.1. The van der Waals surface area contributed by atoms with Gasteiger partial charge in [0.2, 0.25) is 0 Å². The molecule has 26 heavy (non-hydrogen) atoms. The highest BCUT2D eigenvalue weighted by molar-refractivity contribution is 8.21. The molecule has 3 aromatic carbocycles. The van der Waals surface area contributed by atoms with Crippen LogP contribution in [0.1, 0.15) is 0 Å². The molecule has 0 spiro atoms. The lowest BCUT2D eigenvalue weighted by Gasteiger charge is -2.26. The van der Waals surface area contributed by atoms with Gasteiger partial charge < -0.3 is 4.90 Å². The van der Waals surface area contributed by atoms with Crippen molar-refractivity contribution in [3.05, 3.63) is 72.8 Å². The summed E-state index contributed by atoms with van der Waals surface area (Å²) in [4.78, 5) is 3.19. The van der Waals surface area contributed by atoms with Crippen LogP contribution >= 0.6 is 54.9 Å². The summed E-state index contributed by atoms with van der Waals surface area (Å²) in [5.41, 5.74) is 3.16. The van der Waals surface area contributed by atoms with Crippen molar-refractivity contribution in [1.29, 1.82) is 0 Å². The Hall–Kier alpha value is -0.596. The minimum Gasteiger partial charge on any atom is -0.311 e. The quantitative estimate of drug-likeness (QED) is 0.354. The van der Waals surface area contributed by atoms with E-state index in [9.17, 15) is 0 Å². The van der Waals surface area contributed by atoms with E-state index in [1.54, 1.807) is 0 Å². The molecule has 0 atom stereocenters. The number of hydrogen-bond donors (Lipinski definition) is 0. The molecule has 0 unspecified atom stereocenters. The second-order valence-electron chi connectivity index (χ2n) is 5.60. The summed E-state index contributed by atoms with van der Waals surface area (Å²) >= 11 is 18.3. The highest BCUT2D eigenvalue weighted by Gasteiger charge is 2.14. The van der Waals surface area contributed by atoms with Crippen molar-refractivity contribution in [3.63, 3.8) is 0 Å². The highest BCUT2D eigenvalue weighted by Crippen LogP contribution is 2.35. The molecule has 0 bridgehead atoms. The lowest BCUT2D eigenvalue weighted by Crippen LogP contribution is -2.18. The van der Waals surface area contributed by atoms with Gasteiger partial charge in [-0.2, -0.15) is 11.1 Å². The van der Waals surface area contributed by atoms with Crippen LogP contribution in [-0.2, 0) is 0 Å². The number of rotatable bonds is 6. The fourth-order valence-corrected chi connectivity index (χ4v) is 5.45. The Morgan fingerprint density at radius 1 is 0.731 bits per heavy atom. The summed E-state index contributed by atoms with van der Waals surface area (Å²) in [6, 6.07) is 24.6. The molecular formula is C18H15Cl4NSSi2. The summed E-state index contributed by atoms with van der Waals surface area (Å²) in [5, 5.41) is 2.23. The van der Waals surface area contributed by atoms with E-state index in [1.165, 1.54) is 16.2 Å². The first-order valence-corrected chi connectivity index (χ1v) is 16.4. The first-order chi connectivity index (χ1) is 12.6. The molecule has 3 rings (SSSR count). The van der Waals surface area contributed by atoms with Gasteiger partial charge in [-0.25, -0.2) is 0 Å². The summed E-state index contributed by atoms with van der Waals surface area (Å²) in [5.74, 6) is 0. The zero-order valence-electron chi connectivity index (χ0n) is 13.6. The minimum atomic E-state index is -1.85. The lowest BCUT2D eigenvalue weighted by molar-refractivity contribution is 1.27. The van der Waals surface area contributed by atoms with Gasteiger partial charge in [0.1, 0.15) is 0 Å². The van der Waals surface area contributed by atoms with Crippen LogP contribution < -0.4 is 15.3 Å². The van der Waals surface area contributed by atoms with Crippen LogP contribution in [0.25, 0.3) is 0 Å². The molecule has 134 valence electrons. The van der Waals surface area contributed by atoms with Crippen LogP contribution in [0, 0.1) is 0 Å². The summed E-state index contributed by atoms with van der Waals surface area (Å²) < 4.78 is 0. The number of nitrogens with zero attached hydrogens (tertiary/aromatic N) is 1. The van der Waals surface area contributed by atoms with E-state index in [4.69, 9.17) is 43.9 Å². The molecule has 0 fully saturated rings. The van der Waals surface area contributed by atoms with Crippen LogP contribution in [0.5, 0.6) is 0 Å². The molecular weight excluding hydrogens is 460 g/mol. The van der Waals surface area contributed by atoms with E-state index in [-0.39, 0.29) is 0 Å². The second kappa shape index (κ2) is 9.55. The Kier molecular flexibility index (Phi) is 7.40. The van der Waals surface area contributed by atoms with Gasteiger partial charge in [0.05, 0.1) is 0 Å². The van der Waals surface area contributed by atoms with Gasteiger partial charge in [-0.1, -0.05) is 24.3 Å². The summed E-state index contributed by atoms with van der Waals surface area (Å²) in [7, 11) is 4.52. The van der Waals surface area contributed by atoms with Crippen LogP contribution in [0.15, 0.2) is 77.7 Å². The predicted molar refractivity (Wildman–Crippen MR) is 125 cm³/mol. The normalized spacial score (nSPS) is 11.4. The topological polar surface area (TPSA) is 3.24 Å². The molecule has 3 aromatic rings. The smallest absolute Gasteiger partial charge is 0.266 e. The number of halogens is 4. The van der Waals surface area contributed by atoms with Crippen molar-refractivity contribution in [2.75, 3.05) is 4.90 Å². The molecule has 0 aliphatic carbocycles. The summed E-state index contributed by atoms with van der Waals surface area (Å²) in [6.45, 7) is 0. The predicted octanol–water partition coefficient (Wildman–Crippen LogP) is 5.26. The van der Waals surface area contributed by atoms with Gasteiger partial charge in [-0.05, 0) is 80.6 Å². The number of anilines is 3. The van der Waals surface area contributed by atoms with Gasteiger partial charge in [-0.15, -0.1) is 22.2 Å². The third kappa shape index (κ3) is 4.81. The molecule has 0 heterocycles. The van der Waals surface area contributed by atoms with Crippen molar-refractivity contribution >= 4 is 98.6 Å². The Morgan fingerprint density at radius 2 is 1.19 bits per heavy atom. The van der Waals surface area contributed by atoms with E-state index in [1.807, 2.05) is 24.3 Å². The third-order valence-corrected chi connectivity index (χ3v) is 9.03. The zero-order valence-corrected chi connectivity index (χ0v) is 20.0. The lowest BCUT2D eigenvalue weighted by atomic mass is 10.2. The Balaban J connectivity index is 2.04. The minimum absolute atomic E-state index is 0.686. The van der Waals surface area contributed by atoms with E-state index in [0.717, 1.165) is 27.1 Å². The molecule has 0 aliphatic heterocycles.